The van der Waals surface area contributed by atoms with E-state index in [1.54, 1.807) is 0 Å². The molecule has 11 heavy (non-hydrogen) atoms. The van der Waals surface area contributed by atoms with Crippen molar-refractivity contribution in [3.63, 3.8) is 0 Å². The molecule has 0 saturated heterocycles. The molecule has 0 amide bonds. The fraction of sp³-hybridized carbons (Fsp3) is 0.900. The van der Waals surface area contributed by atoms with Gasteiger partial charge in [0, 0.05) is 0 Å². The summed E-state index contributed by atoms with van der Waals surface area (Å²) < 4.78 is 0. The number of hydrogen-bond donors (Lipinski definition) is 0. The van der Waals surface area contributed by atoms with Crippen molar-refractivity contribution in [2.24, 2.45) is 5.92 Å². The first kappa shape index (κ1) is 11.2. The van der Waals surface area contributed by atoms with E-state index in [0.717, 1.165) is 5.92 Å². The zero-order chi connectivity index (χ0) is 8.69. The third-order valence-electron chi connectivity index (χ3n) is 2.27. The van der Waals surface area contributed by atoms with Crippen LogP contribution in [0.5, 0.6) is 0 Å². The lowest BCUT2D eigenvalue weighted by Crippen LogP contribution is -2.09. The van der Waals surface area contributed by atoms with Gasteiger partial charge in [0.05, 0.1) is 0 Å². The molecule has 0 bridgehead atoms. The molecule has 0 fully saturated rings. The molecule has 0 aliphatic heterocycles. The van der Waals surface area contributed by atoms with Crippen LogP contribution in [0.2, 0.25) is 0 Å². The van der Waals surface area contributed by atoms with Gasteiger partial charge in [0.15, 0.2) is 0 Å². The number of unbranched alkanes of at least 4 members (excludes halogenated alkanes) is 1. The zero-order valence-corrected chi connectivity index (χ0v) is 9.11. The molecular weight excluding hydrogens is 151 g/mol. The first-order valence-corrected chi connectivity index (χ1v) is 5.33. The number of hydrogen-bond acceptors (Lipinski definition) is 0. The average molecular weight is 172 g/mol. The van der Waals surface area contributed by atoms with Crippen molar-refractivity contribution in [1.82, 2.24) is 0 Å². The summed E-state index contributed by atoms with van der Waals surface area (Å²) in [4.78, 5) is 0. The van der Waals surface area contributed by atoms with Gasteiger partial charge in [-0.05, 0) is 30.5 Å². The van der Waals surface area contributed by atoms with Crippen LogP contribution in [0.1, 0.15) is 52.9 Å². The van der Waals surface area contributed by atoms with Crippen molar-refractivity contribution in [1.29, 1.82) is 0 Å². The van der Waals surface area contributed by atoms with Crippen LogP contribution < -0.4 is 0 Å². The monoisotopic (exact) mass is 172 g/mol. The van der Waals surface area contributed by atoms with Crippen LogP contribution in [0.4, 0.5) is 0 Å². The van der Waals surface area contributed by atoms with Gasteiger partial charge in [0.1, 0.15) is 0 Å². The van der Waals surface area contributed by atoms with E-state index in [1.807, 2.05) is 0 Å². The molecule has 0 N–H and O–H groups in total. The van der Waals surface area contributed by atoms with Gasteiger partial charge in [0.25, 0.3) is 0 Å². The highest BCUT2D eigenvalue weighted by Crippen LogP contribution is 2.16. The van der Waals surface area contributed by atoms with Gasteiger partial charge in [-0.2, -0.15) is 0 Å². The highest BCUT2D eigenvalue weighted by molar-refractivity contribution is 7.21. The summed E-state index contributed by atoms with van der Waals surface area (Å²) in [5, 5.41) is 1.50. The van der Waals surface area contributed by atoms with Crippen molar-refractivity contribution >= 4 is 14.2 Å². The van der Waals surface area contributed by atoms with E-state index in [1.165, 1.54) is 37.4 Å². The second kappa shape index (κ2) is 6.85. The molecule has 0 aliphatic carbocycles. The summed E-state index contributed by atoms with van der Waals surface area (Å²) in [6.45, 7) is 6.75. The summed E-state index contributed by atoms with van der Waals surface area (Å²) in [6, 6.07) is 0. The van der Waals surface area contributed by atoms with Crippen molar-refractivity contribution < 1.29 is 0 Å². The minimum absolute atomic E-state index is 0.816. The summed E-state index contributed by atoms with van der Waals surface area (Å²) in [5.41, 5.74) is 0. The lowest BCUT2D eigenvalue weighted by Gasteiger charge is -2.14. The maximum absolute atomic E-state index is 3.70. The quantitative estimate of drug-likeness (QED) is 0.532. The SMILES string of the molecule is CCCCC(CC)C(=P)CC. The fourth-order valence-electron chi connectivity index (χ4n) is 1.36. The molecule has 66 valence electrons. The molecule has 1 unspecified atom stereocenters. The Balaban J connectivity index is 3.65. The van der Waals surface area contributed by atoms with E-state index in [9.17, 15) is 0 Å². The molecule has 0 rings (SSSR count). The second-order valence-corrected chi connectivity index (χ2v) is 3.77. The Morgan fingerprint density at radius 1 is 1.27 bits per heavy atom. The zero-order valence-electron chi connectivity index (χ0n) is 8.11. The number of rotatable bonds is 6. The van der Waals surface area contributed by atoms with Crippen molar-refractivity contribution in [2.75, 3.05) is 0 Å². The Kier molecular flexibility index (Phi) is 6.96. The molecule has 1 heteroatoms. The lowest BCUT2D eigenvalue weighted by atomic mass is 9.94. The Morgan fingerprint density at radius 2 is 1.91 bits per heavy atom. The molecule has 0 aromatic carbocycles. The van der Waals surface area contributed by atoms with Gasteiger partial charge < -0.3 is 0 Å². The smallest absolute Gasteiger partial charge is 0.0165 e. The predicted molar refractivity (Wildman–Crippen MR) is 56.9 cm³/mol. The van der Waals surface area contributed by atoms with Gasteiger partial charge in [-0.1, -0.05) is 33.6 Å². The third kappa shape index (κ3) is 4.58. The van der Waals surface area contributed by atoms with Crippen LogP contribution in [0.3, 0.4) is 0 Å². The topological polar surface area (TPSA) is 0 Å². The summed E-state index contributed by atoms with van der Waals surface area (Å²) in [5.74, 6) is 0.816. The molecular formula is C10H21P. The Labute approximate surface area is 73.6 Å². The molecule has 0 aliphatic rings. The van der Waals surface area contributed by atoms with Gasteiger partial charge >= 0.3 is 0 Å². The summed E-state index contributed by atoms with van der Waals surface area (Å²) in [7, 11) is 3.70. The predicted octanol–water partition coefficient (Wildman–Crippen LogP) is 3.93. The molecule has 0 spiro atoms. The van der Waals surface area contributed by atoms with Crippen LogP contribution in [0.15, 0.2) is 0 Å². The lowest BCUT2D eigenvalue weighted by molar-refractivity contribution is 0.567. The molecule has 0 heterocycles. The van der Waals surface area contributed by atoms with E-state index in [-0.39, 0.29) is 0 Å². The van der Waals surface area contributed by atoms with Gasteiger partial charge in [-0.25, -0.2) is 0 Å². The fourth-order valence-corrected chi connectivity index (χ4v) is 1.71. The van der Waals surface area contributed by atoms with Gasteiger partial charge in [-0.15, -0.1) is 8.86 Å². The molecule has 1 atom stereocenters. The molecule has 0 aromatic rings. The molecule has 0 radical (unpaired) electrons. The largest absolute Gasteiger partial charge is 0.123 e. The van der Waals surface area contributed by atoms with Crippen molar-refractivity contribution in [3.8, 4) is 0 Å². The Hall–Kier alpha value is 0.170. The molecule has 0 aromatic heterocycles. The maximum Gasteiger partial charge on any atom is -0.0165 e. The second-order valence-electron chi connectivity index (χ2n) is 3.13. The van der Waals surface area contributed by atoms with Crippen LogP contribution in [-0.4, -0.2) is 5.29 Å². The van der Waals surface area contributed by atoms with E-state index in [0.29, 0.717) is 0 Å². The highest BCUT2D eigenvalue weighted by atomic mass is 31.0. The summed E-state index contributed by atoms with van der Waals surface area (Å²) >= 11 is 0. The molecule has 0 nitrogen and oxygen atoms in total. The van der Waals surface area contributed by atoms with Crippen LogP contribution in [0, 0.1) is 5.92 Å². The van der Waals surface area contributed by atoms with Crippen molar-refractivity contribution in [3.05, 3.63) is 0 Å². The first-order chi connectivity index (χ1) is 5.26. The van der Waals surface area contributed by atoms with Gasteiger partial charge in [0.2, 0.25) is 0 Å². The van der Waals surface area contributed by atoms with E-state index in [2.05, 4.69) is 29.6 Å². The normalized spacial score (nSPS) is 13.0. The minimum Gasteiger partial charge on any atom is -0.123 e. The molecule has 0 saturated carbocycles. The van der Waals surface area contributed by atoms with Crippen LogP contribution >= 0.6 is 8.86 Å². The third-order valence-corrected chi connectivity index (χ3v) is 3.03. The maximum atomic E-state index is 3.70. The van der Waals surface area contributed by atoms with Gasteiger partial charge in [-0.3, -0.25) is 0 Å². The van der Waals surface area contributed by atoms with Crippen molar-refractivity contribution in [2.45, 2.75) is 52.9 Å². The van der Waals surface area contributed by atoms with Crippen LogP contribution in [-0.2, 0) is 0 Å². The standard InChI is InChI=1S/C10H21P/c1-4-7-8-9(5-2)10(11)6-3/h9,11H,4-8H2,1-3H3. The first-order valence-electron chi connectivity index (χ1n) is 4.83. The van der Waals surface area contributed by atoms with Crippen LogP contribution in [0.25, 0.3) is 0 Å². The van der Waals surface area contributed by atoms with E-state index in [4.69, 9.17) is 0 Å². The van der Waals surface area contributed by atoms with E-state index >= 15 is 0 Å². The average Bonchev–Trinajstić information content (AvgIpc) is 2.05. The minimum atomic E-state index is 0.816. The Bertz CT molecular complexity index is 107. The summed E-state index contributed by atoms with van der Waals surface area (Å²) in [6.07, 6.45) is 6.51. The Morgan fingerprint density at radius 3 is 2.27 bits per heavy atom. The van der Waals surface area contributed by atoms with E-state index < -0.39 is 0 Å². The highest BCUT2D eigenvalue weighted by Gasteiger charge is 2.07.